The number of benzene rings is 2. The fourth-order valence-electron chi connectivity index (χ4n) is 3.46. The van der Waals surface area contributed by atoms with Crippen molar-refractivity contribution in [2.75, 3.05) is 32.5 Å². The third-order valence-electron chi connectivity index (χ3n) is 4.96. The summed E-state index contributed by atoms with van der Waals surface area (Å²) >= 11 is 0. The number of aromatic nitrogens is 2. The van der Waals surface area contributed by atoms with Crippen LogP contribution in [0.4, 0.5) is 5.69 Å². The van der Waals surface area contributed by atoms with E-state index in [4.69, 9.17) is 18.7 Å². The van der Waals surface area contributed by atoms with Gasteiger partial charge in [-0.2, -0.15) is 4.98 Å². The molecule has 0 radical (unpaired) electrons. The van der Waals surface area contributed by atoms with Gasteiger partial charge >= 0.3 is 11.9 Å². The van der Waals surface area contributed by atoms with Crippen LogP contribution in [-0.4, -0.2) is 49.6 Å². The second-order valence-electron chi connectivity index (χ2n) is 7.03. The van der Waals surface area contributed by atoms with Crippen LogP contribution >= 0.6 is 0 Å². The number of para-hydroxylation sites is 1. The highest BCUT2D eigenvalue weighted by Gasteiger charge is 2.34. The highest BCUT2D eigenvalue weighted by atomic mass is 16.5. The minimum Gasteiger partial charge on any atom is -0.466 e. The Bertz CT molecular complexity index is 1200. The van der Waals surface area contributed by atoms with Gasteiger partial charge in [-0.15, -0.1) is 0 Å². The van der Waals surface area contributed by atoms with Gasteiger partial charge in [0.1, 0.15) is 12.4 Å². The average molecular weight is 435 g/mol. The molecule has 3 aromatic rings. The Kier molecular flexibility index (Phi) is 6.00. The quantitative estimate of drug-likeness (QED) is 0.559. The molecule has 0 saturated carbocycles. The molecule has 0 bridgehead atoms. The molecular weight excluding hydrogens is 414 g/mol. The maximum absolute atomic E-state index is 12.6. The van der Waals surface area contributed by atoms with Crippen molar-refractivity contribution in [1.82, 2.24) is 10.1 Å². The van der Waals surface area contributed by atoms with Crippen molar-refractivity contribution in [2.24, 2.45) is 0 Å². The number of hydrogen-bond donors (Lipinski definition) is 0. The first-order valence-corrected chi connectivity index (χ1v) is 9.78. The van der Waals surface area contributed by atoms with Crippen molar-refractivity contribution >= 4 is 17.6 Å². The molecule has 0 aliphatic carbocycles. The Morgan fingerprint density at radius 1 is 1.03 bits per heavy atom. The summed E-state index contributed by atoms with van der Waals surface area (Å²) in [5.41, 5.74) is 3.09. The van der Waals surface area contributed by atoms with Gasteiger partial charge in [0, 0.05) is 5.56 Å². The van der Waals surface area contributed by atoms with Crippen LogP contribution < -0.4 is 4.90 Å². The van der Waals surface area contributed by atoms with E-state index in [-0.39, 0.29) is 30.5 Å². The Morgan fingerprint density at radius 3 is 2.56 bits per heavy atom. The molecule has 9 nitrogen and oxygen atoms in total. The Balaban J connectivity index is 1.80. The SMILES string of the molecule is COC(=O)C1=C(C(=O)OC)N(c2ccccc2-c2nc(-c3cccc(C)c3)no2)COC1. The smallest absolute Gasteiger partial charge is 0.355 e. The monoisotopic (exact) mass is 435 g/mol. The number of ether oxygens (including phenoxy) is 3. The first-order chi connectivity index (χ1) is 15.5. The van der Waals surface area contributed by atoms with Gasteiger partial charge in [-0.1, -0.05) is 41.1 Å². The largest absolute Gasteiger partial charge is 0.466 e. The zero-order chi connectivity index (χ0) is 22.7. The minimum atomic E-state index is -0.686. The fourth-order valence-corrected chi connectivity index (χ4v) is 3.46. The molecular formula is C23H21N3O6. The molecule has 0 unspecified atom stereocenters. The number of aryl methyl sites for hydroxylation is 1. The van der Waals surface area contributed by atoms with E-state index in [1.807, 2.05) is 37.3 Å². The normalized spacial score (nSPS) is 13.8. The van der Waals surface area contributed by atoms with Crippen molar-refractivity contribution in [3.63, 3.8) is 0 Å². The summed E-state index contributed by atoms with van der Waals surface area (Å²) in [6, 6.07) is 14.9. The van der Waals surface area contributed by atoms with E-state index in [0.29, 0.717) is 17.1 Å². The first kappa shape index (κ1) is 21.3. The zero-order valence-electron chi connectivity index (χ0n) is 17.8. The number of nitrogens with zero attached hydrogens (tertiary/aromatic N) is 3. The maximum atomic E-state index is 12.6. The van der Waals surface area contributed by atoms with Crippen LogP contribution in [0.15, 0.2) is 64.3 Å². The Labute approximate surface area is 184 Å². The van der Waals surface area contributed by atoms with Gasteiger partial charge < -0.3 is 23.6 Å². The number of anilines is 1. The highest BCUT2D eigenvalue weighted by molar-refractivity contribution is 6.04. The van der Waals surface area contributed by atoms with Crippen LogP contribution in [0.3, 0.4) is 0 Å². The molecule has 32 heavy (non-hydrogen) atoms. The molecule has 2 aromatic carbocycles. The van der Waals surface area contributed by atoms with Gasteiger partial charge in [-0.25, -0.2) is 9.59 Å². The van der Waals surface area contributed by atoms with Gasteiger partial charge in [0.25, 0.3) is 5.89 Å². The van der Waals surface area contributed by atoms with E-state index >= 15 is 0 Å². The summed E-state index contributed by atoms with van der Waals surface area (Å²) < 4.78 is 20.9. The number of methoxy groups -OCH3 is 2. The number of esters is 2. The first-order valence-electron chi connectivity index (χ1n) is 9.78. The topological polar surface area (TPSA) is 104 Å². The predicted molar refractivity (Wildman–Crippen MR) is 114 cm³/mol. The van der Waals surface area contributed by atoms with Gasteiger partial charge in [0.05, 0.1) is 37.7 Å². The molecule has 0 N–H and O–H groups in total. The molecule has 1 aliphatic rings. The Morgan fingerprint density at radius 2 is 1.81 bits per heavy atom. The van der Waals surface area contributed by atoms with Crippen LogP contribution in [0.5, 0.6) is 0 Å². The molecule has 0 spiro atoms. The summed E-state index contributed by atoms with van der Waals surface area (Å²) in [7, 11) is 2.48. The van der Waals surface area contributed by atoms with Crippen LogP contribution in [0.25, 0.3) is 22.8 Å². The lowest BCUT2D eigenvalue weighted by atomic mass is 10.1. The minimum absolute atomic E-state index is 0.0147. The lowest BCUT2D eigenvalue weighted by Crippen LogP contribution is -2.39. The summed E-state index contributed by atoms with van der Waals surface area (Å²) in [5, 5.41) is 4.10. The summed E-state index contributed by atoms with van der Waals surface area (Å²) in [4.78, 5) is 31.0. The molecule has 0 saturated heterocycles. The molecule has 2 heterocycles. The van der Waals surface area contributed by atoms with Crippen LogP contribution in [-0.2, 0) is 23.8 Å². The third-order valence-corrected chi connectivity index (χ3v) is 4.96. The van der Waals surface area contributed by atoms with Gasteiger partial charge in [0.15, 0.2) is 0 Å². The van der Waals surface area contributed by atoms with Crippen molar-refractivity contribution in [2.45, 2.75) is 6.92 Å². The summed E-state index contributed by atoms with van der Waals surface area (Å²) in [6.07, 6.45) is 0. The summed E-state index contributed by atoms with van der Waals surface area (Å²) in [5.74, 6) is -0.666. The molecule has 0 fully saturated rings. The standard InChI is InChI=1S/C23H21N3O6/c1-14-7-6-8-15(11-14)20-24-21(32-25-20)16-9-4-5-10-18(16)26-13-31-12-17(22(27)29-2)19(26)23(28)30-3/h4-11H,12-13H2,1-3H3. The number of carbonyl (C=O) groups is 2. The van der Waals surface area contributed by atoms with E-state index < -0.39 is 11.9 Å². The second-order valence-corrected chi connectivity index (χ2v) is 7.03. The zero-order valence-corrected chi connectivity index (χ0v) is 17.8. The van der Waals surface area contributed by atoms with E-state index in [9.17, 15) is 9.59 Å². The van der Waals surface area contributed by atoms with Crippen molar-refractivity contribution < 1.29 is 28.3 Å². The summed E-state index contributed by atoms with van der Waals surface area (Å²) in [6.45, 7) is 1.92. The Hall–Kier alpha value is -3.98. The molecule has 164 valence electrons. The molecule has 4 rings (SSSR count). The van der Waals surface area contributed by atoms with Crippen LogP contribution in [0.1, 0.15) is 5.56 Å². The van der Waals surface area contributed by atoms with E-state index in [1.54, 1.807) is 18.2 Å². The van der Waals surface area contributed by atoms with Crippen LogP contribution in [0.2, 0.25) is 0 Å². The van der Waals surface area contributed by atoms with Gasteiger partial charge in [0.2, 0.25) is 5.82 Å². The predicted octanol–water partition coefficient (Wildman–Crippen LogP) is 3.11. The third kappa shape index (κ3) is 3.97. The number of rotatable bonds is 5. The van der Waals surface area contributed by atoms with E-state index in [1.165, 1.54) is 19.1 Å². The lowest BCUT2D eigenvalue weighted by molar-refractivity contribution is -0.140. The number of carbonyl (C=O) groups excluding carboxylic acids is 2. The van der Waals surface area contributed by atoms with Crippen molar-refractivity contribution in [3.05, 3.63) is 65.4 Å². The maximum Gasteiger partial charge on any atom is 0.355 e. The van der Waals surface area contributed by atoms with E-state index in [0.717, 1.165) is 11.1 Å². The van der Waals surface area contributed by atoms with Gasteiger partial charge in [-0.05, 0) is 25.1 Å². The average Bonchev–Trinajstić information content (AvgIpc) is 3.33. The van der Waals surface area contributed by atoms with Crippen molar-refractivity contribution in [3.8, 4) is 22.8 Å². The van der Waals surface area contributed by atoms with E-state index in [2.05, 4.69) is 10.1 Å². The molecule has 9 heteroatoms. The number of hydrogen-bond acceptors (Lipinski definition) is 9. The second kappa shape index (κ2) is 9.03. The highest BCUT2D eigenvalue weighted by Crippen LogP contribution is 2.35. The molecule has 1 aromatic heterocycles. The van der Waals surface area contributed by atoms with Crippen molar-refractivity contribution in [1.29, 1.82) is 0 Å². The molecule has 0 amide bonds. The molecule has 0 atom stereocenters. The van der Waals surface area contributed by atoms with Gasteiger partial charge in [-0.3, -0.25) is 0 Å². The lowest BCUT2D eigenvalue weighted by Gasteiger charge is -2.32. The van der Waals surface area contributed by atoms with Crippen LogP contribution in [0, 0.1) is 6.92 Å². The molecule has 1 aliphatic heterocycles. The fraction of sp³-hybridized carbons (Fsp3) is 0.217.